The van der Waals surface area contributed by atoms with E-state index in [1.807, 2.05) is 13.0 Å². The largest absolute Gasteiger partial charge is 0.481 e. The van der Waals surface area contributed by atoms with Crippen LogP contribution in [0.1, 0.15) is 46.5 Å². The third kappa shape index (κ3) is 7.55. The Morgan fingerprint density at radius 1 is 1.24 bits per heavy atom. The molecule has 98 valence electrons. The SMILES string of the molecule is CCCC(C)C=C(C)CC(CC(=O)O)C(=O)O. The summed E-state index contributed by atoms with van der Waals surface area (Å²) in [5.74, 6) is -2.51. The Balaban J connectivity index is 4.43. The topological polar surface area (TPSA) is 74.6 Å². The second kappa shape index (κ2) is 7.87. The molecule has 0 fully saturated rings. The fourth-order valence-corrected chi connectivity index (χ4v) is 1.94. The van der Waals surface area contributed by atoms with Gasteiger partial charge in [0.1, 0.15) is 0 Å². The summed E-state index contributed by atoms with van der Waals surface area (Å²) in [6.45, 7) is 6.05. The van der Waals surface area contributed by atoms with E-state index in [0.717, 1.165) is 18.4 Å². The Kier molecular flexibility index (Phi) is 7.26. The highest BCUT2D eigenvalue weighted by Crippen LogP contribution is 2.18. The monoisotopic (exact) mass is 242 g/mol. The number of rotatable bonds is 8. The molecule has 2 unspecified atom stereocenters. The van der Waals surface area contributed by atoms with Gasteiger partial charge in [0.2, 0.25) is 0 Å². The maximum atomic E-state index is 10.9. The van der Waals surface area contributed by atoms with E-state index in [-0.39, 0.29) is 6.42 Å². The second-order valence-corrected chi connectivity index (χ2v) is 4.62. The Morgan fingerprint density at radius 2 is 1.82 bits per heavy atom. The minimum atomic E-state index is -1.06. The van der Waals surface area contributed by atoms with E-state index in [1.54, 1.807) is 0 Å². The van der Waals surface area contributed by atoms with E-state index in [1.165, 1.54) is 0 Å². The first-order valence-electron chi connectivity index (χ1n) is 5.98. The number of aliphatic carboxylic acids is 2. The molecule has 4 nitrogen and oxygen atoms in total. The smallest absolute Gasteiger partial charge is 0.307 e. The molecule has 0 spiro atoms. The molecule has 0 amide bonds. The van der Waals surface area contributed by atoms with Gasteiger partial charge >= 0.3 is 11.9 Å². The van der Waals surface area contributed by atoms with E-state index < -0.39 is 17.9 Å². The van der Waals surface area contributed by atoms with Crippen molar-refractivity contribution in [3.05, 3.63) is 11.6 Å². The summed E-state index contributed by atoms with van der Waals surface area (Å²) in [5, 5.41) is 17.5. The van der Waals surface area contributed by atoms with Crippen molar-refractivity contribution in [2.75, 3.05) is 0 Å². The lowest BCUT2D eigenvalue weighted by atomic mass is 9.94. The van der Waals surface area contributed by atoms with Gasteiger partial charge in [-0.25, -0.2) is 0 Å². The summed E-state index contributed by atoms with van der Waals surface area (Å²) in [4.78, 5) is 21.4. The first kappa shape index (κ1) is 15.7. The number of carbonyl (C=O) groups is 2. The van der Waals surface area contributed by atoms with E-state index in [9.17, 15) is 9.59 Å². The fourth-order valence-electron chi connectivity index (χ4n) is 1.94. The number of allylic oxidation sites excluding steroid dienone is 2. The minimum absolute atomic E-state index is 0.315. The van der Waals surface area contributed by atoms with E-state index >= 15 is 0 Å². The Bertz CT molecular complexity index is 294. The van der Waals surface area contributed by atoms with Gasteiger partial charge in [0.25, 0.3) is 0 Å². The summed E-state index contributed by atoms with van der Waals surface area (Å²) in [7, 11) is 0. The second-order valence-electron chi connectivity index (χ2n) is 4.62. The highest BCUT2D eigenvalue weighted by Gasteiger charge is 2.21. The summed E-state index contributed by atoms with van der Waals surface area (Å²) in [5.41, 5.74) is 0.958. The van der Waals surface area contributed by atoms with Crippen LogP contribution in [-0.4, -0.2) is 22.2 Å². The van der Waals surface area contributed by atoms with E-state index in [4.69, 9.17) is 10.2 Å². The fraction of sp³-hybridized carbons (Fsp3) is 0.692. The van der Waals surface area contributed by atoms with Crippen molar-refractivity contribution in [3.8, 4) is 0 Å². The molecule has 2 atom stereocenters. The van der Waals surface area contributed by atoms with Crippen LogP contribution in [0.4, 0.5) is 0 Å². The van der Waals surface area contributed by atoms with Crippen LogP contribution in [0.3, 0.4) is 0 Å². The molecule has 0 aromatic carbocycles. The van der Waals surface area contributed by atoms with Crippen molar-refractivity contribution >= 4 is 11.9 Å². The molecule has 2 N–H and O–H groups in total. The van der Waals surface area contributed by atoms with Crippen molar-refractivity contribution in [1.82, 2.24) is 0 Å². The van der Waals surface area contributed by atoms with Gasteiger partial charge in [-0.05, 0) is 25.7 Å². The molecule has 0 heterocycles. The number of carboxylic acids is 2. The lowest BCUT2D eigenvalue weighted by Gasteiger charge is -2.12. The van der Waals surface area contributed by atoms with Crippen molar-refractivity contribution in [1.29, 1.82) is 0 Å². The van der Waals surface area contributed by atoms with Crippen molar-refractivity contribution in [2.24, 2.45) is 11.8 Å². The number of hydrogen-bond acceptors (Lipinski definition) is 2. The molecule has 0 aliphatic carbocycles. The van der Waals surface area contributed by atoms with Gasteiger partial charge in [-0.15, -0.1) is 0 Å². The predicted octanol–water partition coefficient (Wildman–Crippen LogP) is 2.93. The van der Waals surface area contributed by atoms with Gasteiger partial charge in [-0.1, -0.05) is 31.9 Å². The van der Waals surface area contributed by atoms with Crippen LogP contribution in [0.5, 0.6) is 0 Å². The summed E-state index contributed by atoms with van der Waals surface area (Å²) < 4.78 is 0. The van der Waals surface area contributed by atoms with Crippen molar-refractivity contribution in [3.63, 3.8) is 0 Å². The lowest BCUT2D eigenvalue weighted by Crippen LogP contribution is -2.18. The highest BCUT2D eigenvalue weighted by atomic mass is 16.4. The number of carboxylic acid groups (broad SMARTS) is 2. The quantitative estimate of drug-likeness (QED) is 0.642. The van der Waals surface area contributed by atoms with E-state index in [2.05, 4.69) is 13.8 Å². The van der Waals surface area contributed by atoms with Crippen LogP contribution in [0, 0.1) is 11.8 Å². The molecule has 4 heteroatoms. The number of hydrogen-bond donors (Lipinski definition) is 2. The molecule has 0 rings (SSSR count). The maximum absolute atomic E-state index is 10.9. The van der Waals surface area contributed by atoms with Crippen LogP contribution >= 0.6 is 0 Å². The van der Waals surface area contributed by atoms with Crippen molar-refractivity contribution < 1.29 is 19.8 Å². The van der Waals surface area contributed by atoms with Gasteiger partial charge in [0.05, 0.1) is 12.3 Å². The van der Waals surface area contributed by atoms with Crippen LogP contribution in [0.2, 0.25) is 0 Å². The lowest BCUT2D eigenvalue weighted by molar-refractivity contribution is -0.148. The molecule has 0 aromatic rings. The van der Waals surface area contributed by atoms with E-state index in [0.29, 0.717) is 12.3 Å². The summed E-state index contributed by atoms with van der Waals surface area (Å²) in [6, 6.07) is 0. The van der Waals surface area contributed by atoms with Crippen LogP contribution < -0.4 is 0 Å². The molecule has 0 radical (unpaired) electrons. The van der Waals surface area contributed by atoms with Gasteiger partial charge in [0, 0.05) is 0 Å². The standard InChI is InChI=1S/C13H22O4/c1-4-5-9(2)6-10(3)7-11(13(16)17)8-12(14)15/h6,9,11H,4-5,7-8H2,1-3H3,(H,14,15)(H,16,17). The van der Waals surface area contributed by atoms with Crippen molar-refractivity contribution in [2.45, 2.75) is 46.5 Å². The predicted molar refractivity (Wildman–Crippen MR) is 65.8 cm³/mol. The molecular formula is C13H22O4. The average Bonchev–Trinajstić information content (AvgIpc) is 2.15. The van der Waals surface area contributed by atoms with Crippen LogP contribution in [0.15, 0.2) is 11.6 Å². The Morgan fingerprint density at radius 3 is 2.24 bits per heavy atom. The normalized spacial score (nSPS) is 15.4. The zero-order chi connectivity index (χ0) is 13.4. The molecule has 0 aromatic heterocycles. The molecular weight excluding hydrogens is 220 g/mol. The van der Waals surface area contributed by atoms with Gasteiger partial charge in [-0.3, -0.25) is 9.59 Å². The first-order chi connectivity index (χ1) is 7.86. The summed E-state index contributed by atoms with van der Waals surface area (Å²) in [6.07, 6.45) is 4.19. The Hall–Kier alpha value is -1.32. The molecule has 0 aliphatic rings. The first-order valence-corrected chi connectivity index (χ1v) is 5.98. The molecule has 0 aliphatic heterocycles. The molecule has 0 saturated heterocycles. The van der Waals surface area contributed by atoms with Crippen LogP contribution in [-0.2, 0) is 9.59 Å². The molecule has 0 saturated carbocycles. The third-order valence-electron chi connectivity index (χ3n) is 2.65. The minimum Gasteiger partial charge on any atom is -0.481 e. The van der Waals surface area contributed by atoms with Crippen LogP contribution in [0.25, 0.3) is 0 Å². The maximum Gasteiger partial charge on any atom is 0.307 e. The third-order valence-corrected chi connectivity index (χ3v) is 2.65. The Labute approximate surface area is 102 Å². The molecule has 17 heavy (non-hydrogen) atoms. The zero-order valence-electron chi connectivity index (χ0n) is 10.8. The zero-order valence-corrected chi connectivity index (χ0v) is 10.8. The average molecular weight is 242 g/mol. The van der Waals surface area contributed by atoms with Gasteiger partial charge in [0.15, 0.2) is 0 Å². The summed E-state index contributed by atoms with van der Waals surface area (Å²) >= 11 is 0. The highest BCUT2D eigenvalue weighted by molar-refractivity contribution is 5.77. The molecule has 0 bridgehead atoms. The van der Waals surface area contributed by atoms with Gasteiger partial charge in [-0.2, -0.15) is 0 Å². The van der Waals surface area contributed by atoms with Gasteiger partial charge < -0.3 is 10.2 Å².